The summed E-state index contributed by atoms with van der Waals surface area (Å²) in [5, 5.41) is 12.0. The van der Waals surface area contributed by atoms with Gasteiger partial charge in [-0.25, -0.2) is 0 Å². The lowest BCUT2D eigenvalue weighted by molar-refractivity contribution is -0.140. The molecule has 0 bridgehead atoms. The third-order valence-electron chi connectivity index (χ3n) is 3.45. The third kappa shape index (κ3) is 3.18. The average Bonchev–Trinajstić information content (AvgIpc) is 2.92. The van der Waals surface area contributed by atoms with E-state index in [0.717, 1.165) is 6.54 Å². The average molecular weight is 215 g/mol. The van der Waals surface area contributed by atoms with E-state index >= 15 is 0 Å². The molecule has 1 atom stereocenters. The summed E-state index contributed by atoms with van der Waals surface area (Å²) in [6.45, 7) is 5.40. The zero-order valence-electron chi connectivity index (χ0n) is 9.75. The van der Waals surface area contributed by atoms with E-state index in [-0.39, 0.29) is 6.61 Å². The van der Waals surface area contributed by atoms with Crippen molar-refractivity contribution >= 4 is 5.97 Å². The molecule has 0 aromatic rings. The van der Waals surface area contributed by atoms with Crippen LogP contribution in [0.2, 0.25) is 0 Å². The second-order valence-corrected chi connectivity index (χ2v) is 4.74. The molecule has 0 radical (unpaired) electrons. The topological polar surface area (TPSA) is 58.6 Å². The molecule has 0 aliphatic heterocycles. The van der Waals surface area contributed by atoms with Crippen LogP contribution in [0.5, 0.6) is 0 Å². The fourth-order valence-corrected chi connectivity index (χ4v) is 1.83. The van der Waals surface area contributed by atoms with Crippen LogP contribution in [0.15, 0.2) is 0 Å². The Kier molecular flexibility index (Phi) is 4.11. The molecule has 1 aliphatic carbocycles. The zero-order chi connectivity index (χ0) is 11.5. The van der Waals surface area contributed by atoms with Crippen LogP contribution in [0.1, 0.15) is 26.7 Å². The maximum atomic E-state index is 10.9. The summed E-state index contributed by atoms with van der Waals surface area (Å²) in [6, 6.07) is -0.578. The van der Waals surface area contributed by atoms with E-state index in [1.54, 1.807) is 0 Å². The molecule has 0 amide bonds. The maximum Gasteiger partial charge on any atom is 0.323 e. The van der Waals surface area contributed by atoms with Crippen molar-refractivity contribution in [3.63, 3.8) is 0 Å². The van der Waals surface area contributed by atoms with Gasteiger partial charge in [-0.3, -0.25) is 4.79 Å². The highest BCUT2D eigenvalue weighted by Gasteiger charge is 2.45. The minimum Gasteiger partial charge on any atom is -0.480 e. The van der Waals surface area contributed by atoms with E-state index < -0.39 is 12.0 Å². The highest BCUT2D eigenvalue weighted by molar-refractivity contribution is 5.73. The molecular weight excluding hydrogens is 194 g/mol. The first-order chi connectivity index (χ1) is 7.02. The fourth-order valence-electron chi connectivity index (χ4n) is 1.83. The molecule has 4 heteroatoms. The molecule has 1 rings (SSSR count). The van der Waals surface area contributed by atoms with Gasteiger partial charge in [-0.15, -0.1) is 0 Å². The van der Waals surface area contributed by atoms with Gasteiger partial charge in [0.1, 0.15) is 6.04 Å². The van der Waals surface area contributed by atoms with Crippen molar-refractivity contribution in [2.45, 2.75) is 32.7 Å². The summed E-state index contributed by atoms with van der Waals surface area (Å²) >= 11 is 0. The monoisotopic (exact) mass is 215 g/mol. The van der Waals surface area contributed by atoms with Crippen molar-refractivity contribution in [3.8, 4) is 0 Å². The van der Waals surface area contributed by atoms with Crippen LogP contribution in [0.3, 0.4) is 0 Å². The van der Waals surface area contributed by atoms with Gasteiger partial charge >= 0.3 is 5.97 Å². The van der Waals surface area contributed by atoms with Crippen molar-refractivity contribution in [2.75, 3.05) is 20.3 Å². The van der Waals surface area contributed by atoms with Crippen molar-refractivity contribution in [2.24, 2.45) is 11.3 Å². The highest BCUT2D eigenvalue weighted by atomic mass is 16.5. The Bertz CT molecular complexity index is 224. The fraction of sp³-hybridized carbons (Fsp3) is 0.909. The first-order valence-electron chi connectivity index (χ1n) is 5.47. The lowest BCUT2D eigenvalue weighted by Crippen LogP contribution is -2.43. The summed E-state index contributed by atoms with van der Waals surface area (Å²) in [4.78, 5) is 10.9. The van der Waals surface area contributed by atoms with E-state index in [2.05, 4.69) is 19.2 Å². The molecule has 0 saturated heterocycles. The van der Waals surface area contributed by atoms with Crippen molar-refractivity contribution in [1.29, 1.82) is 0 Å². The molecule has 0 spiro atoms. The Hall–Kier alpha value is -0.610. The van der Waals surface area contributed by atoms with Crippen molar-refractivity contribution in [3.05, 3.63) is 0 Å². The summed E-state index contributed by atoms with van der Waals surface area (Å²) in [7, 11) is 1.52. The van der Waals surface area contributed by atoms with Gasteiger partial charge in [-0.2, -0.15) is 0 Å². The predicted octanol–water partition coefficient (Wildman–Crippen LogP) is 1.11. The largest absolute Gasteiger partial charge is 0.480 e. The number of rotatable bonds is 7. The zero-order valence-corrected chi connectivity index (χ0v) is 9.75. The molecule has 1 saturated carbocycles. The van der Waals surface area contributed by atoms with Gasteiger partial charge < -0.3 is 15.2 Å². The Morgan fingerprint density at radius 3 is 2.47 bits per heavy atom. The smallest absolute Gasteiger partial charge is 0.323 e. The first kappa shape index (κ1) is 12.5. The number of aliphatic carboxylic acids is 1. The Morgan fingerprint density at radius 1 is 1.53 bits per heavy atom. The number of carboxylic acid groups (broad SMARTS) is 1. The van der Waals surface area contributed by atoms with Gasteiger partial charge in [0.2, 0.25) is 0 Å². The SMILES string of the molecule is COCC(NCC1(C(C)C)CC1)C(=O)O. The van der Waals surface area contributed by atoms with Gasteiger partial charge in [0.15, 0.2) is 0 Å². The molecule has 2 N–H and O–H groups in total. The van der Waals surface area contributed by atoms with Crippen molar-refractivity contribution in [1.82, 2.24) is 5.32 Å². The Balaban J connectivity index is 2.37. The molecule has 0 heterocycles. The Morgan fingerprint density at radius 2 is 2.13 bits per heavy atom. The second-order valence-electron chi connectivity index (χ2n) is 4.74. The number of ether oxygens (including phenoxy) is 1. The van der Waals surface area contributed by atoms with E-state index in [4.69, 9.17) is 9.84 Å². The molecule has 1 fully saturated rings. The summed E-state index contributed by atoms with van der Waals surface area (Å²) in [6.07, 6.45) is 2.41. The minimum absolute atomic E-state index is 0.226. The number of hydrogen-bond donors (Lipinski definition) is 2. The molecule has 1 aliphatic rings. The summed E-state index contributed by atoms with van der Waals surface area (Å²) in [5.74, 6) is -0.224. The molecule has 1 unspecified atom stereocenters. The van der Waals surface area contributed by atoms with E-state index in [1.807, 2.05) is 0 Å². The number of hydrogen-bond acceptors (Lipinski definition) is 3. The van der Waals surface area contributed by atoms with Gasteiger partial charge in [-0.05, 0) is 24.2 Å². The number of methoxy groups -OCH3 is 1. The lowest BCUT2D eigenvalue weighted by atomic mass is 9.92. The van der Waals surface area contributed by atoms with E-state index in [9.17, 15) is 4.79 Å². The number of nitrogens with one attached hydrogen (secondary N) is 1. The van der Waals surface area contributed by atoms with Crippen LogP contribution in [-0.4, -0.2) is 37.4 Å². The number of carboxylic acids is 1. The third-order valence-corrected chi connectivity index (χ3v) is 3.45. The molecule has 0 aromatic carbocycles. The van der Waals surface area contributed by atoms with Gasteiger partial charge in [-0.1, -0.05) is 13.8 Å². The van der Waals surface area contributed by atoms with Crippen LogP contribution < -0.4 is 5.32 Å². The molecule has 0 aromatic heterocycles. The van der Waals surface area contributed by atoms with Crippen LogP contribution in [0, 0.1) is 11.3 Å². The quantitative estimate of drug-likeness (QED) is 0.668. The minimum atomic E-state index is -0.837. The second kappa shape index (κ2) is 4.94. The summed E-state index contributed by atoms with van der Waals surface area (Å²) < 4.78 is 4.87. The van der Waals surface area contributed by atoms with Crippen LogP contribution >= 0.6 is 0 Å². The maximum absolute atomic E-state index is 10.9. The van der Waals surface area contributed by atoms with Gasteiger partial charge in [0, 0.05) is 13.7 Å². The lowest BCUT2D eigenvalue weighted by Gasteiger charge is -2.22. The Labute approximate surface area is 91.0 Å². The van der Waals surface area contributed by atoms with Crippen LogP contribution in [0.4, 0.5) is 0 Å². The molecule has 88 valence electrons. The number of carbonyl (C=O) groups is 1. The standard InChI is InChI=1S/C11H21NO3/c1-8(2)11(4-5-11)7-12-9(6-15-3)10(13)14/h8-9,12H,4-7H2,1-3H3,(H,13,14). The predicted molar refractivity (Wildman–Crippen MR) is 57.8 cm³/mol. The highest BCUT2D eigenvalue weighted by Crippen LogP contribution is 2.51. The van der Waals surface area contributed by atoms with Crippen molar-refractivity contribution < 1.29 is 14.6 Å². The normalized spacial score (nSPS) is 20.3. The van der Waals surface area contributed by atoms with Crippen LogP contribution in [0.25, 0.3) is 0 Å². The summed E-state index contributed by atoms with van der Waals surface area (Å²) in [5.41, 5.74) is 0.335. The molecule has 15 heavy (non-hydrogen) atoms. The van der Waals surface area contributed by atoms with Gasteiger partial charge in [0.05, 0.1) is 6.61 Å². The van der Waals surface area contributed by atoms with Crippen LogP contribution in [-0.2, 0) is 9.53 Å². The first-order valence-corrected chi connectivity index (χ1v) is 5.47. The molecular formula is C11H21NO3. The van der Waals surface area contributed by atoms with E-state index in [1.165, 1.54) is 20.0 Å². The van der Waals surface area contributed by atoms with E-state index in [0.29, 0.717) is 11.3 Å². The van der Waals surface area contributed by atoms with Gasteiger partial charge in [0.25, 0.3) is 0 Å². The molecule has 4 nitrogen and oxygen atoms in total.